The lowest BCUT2D eigenvalue weighted by Gasteiger charge is -2.39. The molecule has 0 amide bonds. The van der Waals surface area contributed by atoms with Gasteiger partial charge in [0.1, 0.15) is 0 Å². The van der Waals surface area contributed by atoms with Crippen molar-refractivity contribution in [1.82, 2.24) is 9.62 Å². The molecule has 0 saturated carbocycles. The number of sulfonamides is 1. The number of hydrogen-bond donors (Lipinski definition) is 2. The molecule has 3 aromatic carbocycles. The number of nitrogens with zero attached hydrogens (tertiary/aromatic N) is 1. The number of rotatable bonds is 6. The number of aryl methyl sites for hydroxylation is 1. The number of thioether (sulfide) groups is 1. The largest absolute Gasteiger partial charge is 0.345 e. The summed E-state index contributed by atoms with van der Waals surface area (Å²) in [6.07, 6.45) is 1.91. The van der Waals surface area contributed by atoms with Crippen molar-refractivity contribution in [3.8, 4) is 0 Å². The third kappa shape index (κ3) is 3.86. The fourth-order valence-electron chi connectivity index (χ4n) is 3.73. The summed E-state index contributed by atoms with van der Waals surface area (Å²) in [4.78, 5) is 0.283. The molecule has 3 aromatic rings. The van der Waals surface area contributed by atoms with Gasteiger partial charge in [-0.25, -0.2) is 8.42 Å². The van der Waals surface area contributed by atoms with Crippen LogP contribution in [-0.4, -0.2) is 30.6 Å². The van der Waals surface area contributed by atoms with Crippen LogP contribution in [-0.2, 0) is 10.0 Å². The first kappa shape index (κ1) is 20.9. The molecule has 156 valence electrons. The molecule has 1 fully saturated rings. The van der Waals surface area contributed by atoms with Crippen LogP contribution in [0.25, 0.3) is 0 Å². The minimum absolute atomic E-state index is 0.283. The number of benzene rings is 3. The van der Waals surface area contributed by atoms with Gasteiger partial charge in [-0.2, -0.15) is 0 Å². The minimum atomic E-state index is -3.81. The Morgan fingerprint density at radius 3 is 2.17 bits per heavy atom. The van der Waals surface area contributed by atoms with E-state index in [1.165, 1.54) is 11.8 Å². The summed E-state index contributed by atoms with van der Waals surface area (Å²) >= 11 is 1.43. The van der Waals surface area contributed by atoms with Crippen LogP contribution in [0, 0.1) is 6.92 Å². The van der Waals surface area contributed by atoms with E-state index < -0.39 is 15.1 Å². The molecule has 1 saturated heterocycles. The molecule has 30 heavy (non-hydrogen) atoms. The quantitative estimate of drug-likeness (QED) is 0.557. The van der Waals surface area contributed by atoms with E-state index in [1.807, 2.05) is 86.0 Å². The number of nitrogens with one attached hydrogen (secondary N) is 2. The molecule has 5 nitrogen and oxygen atoms in total. The van der Waals surface area contributed by atoms with Gasteiger partial charge in [-0.1, -0.05) is 66.2 Å². The third-order valence-electron chi connectivity index (χ3n) is 5.27. The standard InChI is InChI=1S/C23H25N3O2S2/c1-18-13-15-21(16-14-18)30(27,28)26-22(19-9-5-3-6-10-19)17-24-23(26,29-2)25-20-11-7-4-8-12-20/h3-16,22,24-25H,17H2,1-2H3. The number of anilines is 1. The average molecular weight is 440 g/mol. The van der Waals surface area contributed by atoms with Gasteiger partial charge in [-0.05, 0) is 43.0 Å². The highest BCUT2D eigenvalue weighted by Crippen LogP contribution is 2.43. The smallest absolute Gasteiger partial charge is 0.247 e. The molecule has 2 atom stereocenters. The van der Waals surface area contributed by atoms with Crippen molar-refractivity contribution in [1.29, 1.82) is 0 Å². The van der Waals surface area contributed by atoms with Gasteiger partial charge in [0.25, 0.3) is 0 Å². The van der Waals surface area contributed by atoms with Gasteiger partial charge < -0.3 is 5.32 Å². The summed E-state index contributed by atoms with van der Waals surface area (Å²) in [7, 11) is -3.81. The lowest BCUT2D eigenvalue weighted by molar-refractivity contribution is 0.314. The van der Waals surface area contributed by atoms with Crippen molar-refractivity contribution in [2.75, 3.05) is 18.1 Å². The zero-order valence-corrected chi connectivity index (χ0v) is 18.6. The van der Waals surface area contributed by atoms with Gasteiger partial charge in [0.15, 0.2) is 0 Å². The fourth-order valence-corrected chi connectivity index (χ4v) is 6.69. The highest BCUT2D eigenvalue weighted by molar-refractivity contribution is 8.01. The van der Waals surface area contributed by atoms with E-state index in [4.69, 9.17) is 0 Å². The van der Waals surface area contributed by atoms with E-state index >= 15 is 0 Å². The van der Waals surface area contributed by atoms with Crippen molar-refractivity contribution in [3.63, 3.8) is 0 Å². The maximum Gasteiger partial charge on any atom is 0.247 e. The molecule has 2 N–H and O–H groups in total. The zero-order valence-electron chi connectivity index (χ0n) is 16.9. The molecule has 0 spiro atoms. The Bertz CT molecular complexity index is 1090. The summed E-state index contributed by atoms with van der Waals surface area (Å²) in [5.41, 5.74) is 2.82. The molecular weight excluding hydrogens is 414 g/mol. The molecule has 1 aliphatic heterocycles. The lowest BCUT2D eigenvalue weighted by atomic mass is 10.1. The first-order valence-corrected chi connectivity index (χ1v) is 12.4. The molecule has 1 heterocycles. The van der Waals surface area contributed by atoms with Gasteiger partial charge in [0.2, 0.25) is 15.1 Å². The second kappa shape index (κ2) is 8.43. The van der Waals surface area contributed by atoms with Gasteiger partial charge in [-0.3, -0.25) is 5.32 Å². The molecular formula is C23H25N3O2S2. The second-order valence-corrected chi connectivity index (χ2v) is 10.1. The summed E-state index contributed by atoms with van der Waals surface area (Å²) in [5, 5.41) is 5.87. The molecule has 1 aliphatic rings. The first-order chi connectivity index (χ1) is 14.5. The Labute approximate surface area is 182 Å². The van der Waals surface area contributed by atoms with Crippen molar-refractivity contribution < 1.29 is 8.42 Å². The molecule has 0 aliphatic carbocycles. The van der Waals surface area contributed by atoms with Crippen molar-refractivity contribution in [2.45, 2.75) is 23.0 Å². The Balaban J connectivity index is 1.84. The third-order valence-corrected chi connectivity index (χ3v) is 8.34. The van der Waals surface area contributed by atoms with Crippen LogP contribution in [0.2, 0.25) is 0 Å². The predicted molar refractivity (Wildman–Crippen MR) is 124 cm³/mol. The van der Waals surface area contributed by atoms with E-state index in [-0.39, 0.29) is 10.9 Å². The van der Waals surface area contributed by atoms with E-state index in [2.05, 4.69) is 10.6 Å². The number of hydrogen-bond acceptors (Lipinski definition) is 5. The molecule has 0 aromatic heterocycles. The van der Waals surface area contributed by atoms with Crippen molar-refractivity contribution in [3.05, 3.63) is 96.1 Å². The van der Waals surface area contributed by atoms with Crippen LogP contribution in [0.3, 0.4) is 0 Å². The first-order valence-electron chi connectivity index (χ1n) is 9.76. The fraction of sp³-hybridized carbons (Fsp3) is 0.217. The highest BCUT2D eigenvalue weighted by Gasteiger charge is 2.53. The van der Waals surface area contributed by atoms with Gasteiger partial charge in [-0.15, -0.1) is 16.1 Å². The van der Waals surface area contributed by atoms with E-state index in [1.54, 1.807) is 16.4 Å². The molecule has 2 unspecified atom stereocenters. The van der Waals surface area contributed by atoms with E-state index in [9.17, 15) is 8.42 Å². The monoisotopic (exact) mass is 439 g/mol. The molecule has 7 heteroatoms. The van der Waals surface area contributed by atoms with Gasteiger partial charge in [0, 0.05) is 12.2 Å². The molecule has 0 bridgehead atoms. The Morgan fingerprint density at radius 1 is 0.967 bits per heavy atom. The maximum absolute atomic E-state index is 13.9. The van der Waals surface area contributed by atoms with Crippen LogP contribution in [0.1, 0.15) is 17.2 Å². The van der Waals surface area contributed by atoms with Crippen LogP contribution < -0.4 is 10.6 Å². The Hall–Kier alpha value is -2.32. The Kier molecular flexibility index (Phi) is 5.88. The van der Waals surface area contributed by atoms with E-state index in [0.717, 1.165) is 16.8 Å². The number of para-hydroxylation sites is 1. The van der Waals surface area contributed by atoms with Crippen molar-refractivity contribution >= 4 is 27.5 Å². The Morgan fingerprint density at radius 2 is 1.57 bits per heavy atom. The zero-order chi connectivity index (χ0) is 21.2. The SMILES string of the molecule is CSC1(Nc2ccccc2)NCC(c2ccccc2)N1S(=O)(=O)c1ccc(C)cc1. The van der Waals surface area contributed by atoms with E-state index in [0.29, 0.717) is 6.54 Å². The van der Waals surface area contributed by atoms with Crippen molar-refractivity contribution in [2.24, 2.45) is 0 Å². The van der Waals surface area contributed by atoms with Gasteiger partial charge >= 0.3 is 0 Å². The van der Waals surface area contributed by atoms with Gasteiger partial charge in [0.05, 0.1) is 10.9 Å². The maximum atomic E-state index is 13.9. The van der Waals surface area contributed by atoms with Crippen LogP contribution in [0.4, 0.5) is 5.69 Å². The van der Waals surface area contributed by atoms with Crippen LogP contribution in [0.5, 0.6) is 0 Å². The average Bonchev–Trinajstić information content (AvgIpc) is 3.16. The lowest BCUT2D eigenvalue weighted by Crippen LogP contribution is -2.57. The molecule has 0 radical (unpaired) electrons. The highest BCUT2D eigenvalue weighted by atomic mass is 32.2. The second-order valence-electron chi connectivity index (χ2n) is 7.26. The van der Waals surface area contributed by atoms with Crippen LogP contribution in [0.15, 0.2) is 89.8 Å². The van der Waals surface area contributed by atoms with Crippen LogP contribution >= 0.6 is 11.8 Å². The predicted octanol–water partition coefficient (Wildman–Crippen LogP) is 4.42. The molecule has 4 rings (SSSR count). The minimum Gasteiger partial charge on any atom is -0.345 e. The summed E-state index contributed by atoms with van der Waals surface area (Å²) in [6, 6.07) is 26.1. The summed E-state index contributed by atoms with van der Waals surface area (Å²) < 4.78 is 29.4. The summed E-state index contributed by atoms with van der Waals surface area (Å²) in [6.45, 7) is 2.44. The topological polar surface area (TPSA) is 61.4 Å². The summed E-state index contributed by atoms with van der Waals surface area (Å²) in [5.74, 6) is 0. The normalized spacial score (nSPS) is 22.1.